The highest BCUT2D eigenvalue weighted by Gasteiger charge is 2.31. The third-order valence-electron chi connectivity index (χ3n) is 6.51. The summed E-state index contributed by atoms with van der Waals surface area (Å²) in [5.74, 6) is 1.70. The van der Waals surface area contributed by atoms with Crippen molar-refractivity contribution in [2.75, 3.05) is 39.3 Å². The zero-order valence-corrected chi connectivity index (χ0v) is 21.1. The second-order valence-electron chi connectivity index (χ2n) is 10.4. The fourth-order valence-electron chi connectivity index (χ4n) is 4.64. The van der Waals surface area contributed by atoms with Gasteiger partial charge in [0.2, 0.25) is 5.91 Å². The molecule has 7 heteroatoms. The first-order valence-electron chi connectivity index (χ1n) is 12.5. The number of carbonyl (C=O) groups is 2. The van der Waals surface area contributed by atoms with E-state index >= 15 is 0 Å². The van der Waals surface area contributed by atoms with E-state index in [2.05, 4.69) is 28.9 Å². The van der Waals surface area contributed by atoms with E-state index in [0.29, 0.717) is 25.0 Å². The van der Waals surface area contributed by atoms with Crippen LogP contribution in [0.3, 0.4) is 0 Å². The van der Waals surface area contributed by atoms with Crippen LogP contribution in [0, 0.1) is 11.8 Å². The Balaban J connectivity index is 1.35. The summed E-state index contributed by atoms with van der Waals surface area (Å²) in [5, 5.41) is 2.88. The smallest absolute Gasteiger partial charge is 0.407 e. The number of piperazine rings is 1. The van der Waals surface area contributed by atoms with Gasteiger partial charge in [-0.2, -0.15) is 0 Å². The number of ether oxygens (including phenoxy) is 2. The number of hydrogen-bond acceptors (Lipinski definition) is 5. The summed E-state index contributed by atoms with van der Waals surface area (Å²) >= 11 is 0. The fraction of sp³-hybridized carbons (Fsp3) is 0.630. The Hall–Kier alpha value is -2.54. The van der Waals surface area contributed by atoms with Crippen LogP contribution < -0.4 is 10.1 Å². The highest BCUT2D eigenvalue weighted by atomic mass is 16.6. The van der Waals surface area contributed by atoms with Crippen molar-refractivity contribution in [3.05, 3.63) is 42.5 Å². The fourth-order valence-corrected chi connectivity index (χ4v) is 4.64. The largest absolute Gasteiger partial charge is 0.490 e. The number of hydrogen-bond donors (Lipinski definition) is 1. The van der Waals surface area contributed by atoms with Gasteiger partial charge >= 0.3 is 6.09 Å². The molecule has 1 saturated heterocycles. The number of rotatable bonds is 8. The highest BCUT2D eigenvalue weighted by Crippen LogP contribution is 2.30. The van der Waals surface area contributed by atoms with Gasteiger partial charge in [0.1, 0.15) is 18.0 Å². The summed E-state index contributed by atoms with van der Waals surface area (Å²) in [6.07, 6.45) is 5.13. The minimum absolute atomic E-state index is 0.118. The Morgan fingerprint density at radius 2 is 1.71 bits per heavy atom. The lowest BCUT2D eigenvalue weighted by atomic mass is 9.81. The molecule has 2 aliphatic rings. The quantitative estimate of drug-likeness (QED) is 0.575. The average Bonchev–Trinajstić information content (AvgIpc) is 2.82. The number of alkyl carbamates (subject to hydrolysis) is 1. The Labute approximate surface area is 204 Å². The van der Waals surface area contributed by atoms with E-state index in [4.69, 9.17) is 9.47 Å². The third kappa shape index (κ3) is 8.35. The molecule has 7 nitrogen and oxygen atoms in total. The standard InChI is InChI=1S/C27H41N3O4/c1-5-18-33-24-12-8-22(9-13-24)20-29-14-16-30(17-15-29)25(31)23-10-6-21(7-11-23)19-28-26(32)34-27(2,3)4/h5,8-9,12-13,21,23H,1,6-7,10-11,14-20H2,2-4H3,(H,28,32). The van der Waals surface area contributed by atoms with Gasteiger partial charge in [0, 0.05) is 45.2 Å². The van der Waals surface area contributed by atoms with Crippen LogP contribution in [0.4, 0.5) is 4.79 Å². The summed E-state index contributed by atoms with van der Waals surface area (Å²) < 4.78 is 10.9. The van der Waals surface area contributed by atoms with Crippen LogP contribution >= 0.6 is 0 Å². The normalized spacial score (nSPS) is 21.6. The Morgan fingerprint density at radius 3 is 2.29 bits per heavy atom. The van der Waals surface area contributed by atoms with Crippen LogP contribution in [0.25, 0.3) is 0 Å². The maximum absolute atomic E-state index is 13.1. The predicted molar refractivity (Wildman–Crippen MR) is 134 cm³/mol. The molecule has 0 radical (unpaired) electrons. The second kappa shape index (κ2) is 12.2. The topological polar surface area (TPSA) is 71.1 Å². The molecule has 2 fully saturated rings. The molecular formula is C27H41N3O4. The van der Waals surface area contributed by atoms with E-state index in [1.54, 1.807) is 6.08 Å². The second-order valence-corrected chi connectivity index (χ2v) is 10.4. The Kier molecular flexibility index (Phi) is 9.39. The third-order valence-corrected chi connectivity index (χ3v) is 6.51. The number of amides is 2. The molecule has 34 heavy (non-hydrogen) atoms. The SMILES string of the molecule is C=CCOc1ccc(CN2CCN(C(=O)C3CCC(CNC(=O)OC(C)(C)C)CC3)CC2)cc1. The van der Waals surface area contributed by atoms with E-state index in [1.165, 1.54) is 5.56 Å². The predicted octanol–water partition coefficient (Wildman–Crippen LogP) is 4.23. The number of nitrogens with one attached hydrogen (secondary N) is 1. The lowest BCUT2D eigenvalue weighted by Gasteiger charge is -2.38. The van der Waals surface area contributed by atoms with E-state index in [-0.39, 0.29) is 12.0 Å². The molecule has 1 heterocycles. The molecule has 0 bridgehead atoms. The van der Waals surface area contributed by atoms with Gasteiger partial charge in [-0.05, 0) is 70.1 Å². The van der Waals surface area contributed by atoms with Crippen LogP contribution in [0.15, 0.2) is 36.9 Å². The van der Waals surface area contributed by atoms with Crippen molar-refractivity contribution in [1.82, 2.24) is 15.1 Å². The number of benzene rings is 1. The van der Waals surface area contributed by atoms with Crippen molar-refractivity contribution in [2.45, 2.75) is 58.6 Å². The number of nitrogens with zero attached hydrogens (tertiary/aromatic N) is 2. The summed E-state index contributed by atoms with van der Waals surface area (Å²) in [6.45, 7) is 14.7. The minimum Gasteiger partial charge on any atom is -0.490 e. The molecule has 1 aliphatic carbocycles. The van der Waals surface area contributed by atoms with E-state index in [0.717, 1.165) is 64.2 Å². The van der Waals surface area contributed by atoms with Gasteiger partial charge in [0.05, 0.1) is 0 Å². The van der Waals surface area contributed by atoms with Crippen LogP contribution in [-0.2, 0) is 16.1 Å². The molecular weight excluding hydrogens is 430 g/mol. The molecule has 0 spiro atoms. The molecule has 3 rings (SSSR count). The first-order valence-corrected chi connectivity index (χ1v) is 12.5. The first-order chi connectivity index (χ1) is 16.2. The zero-order valence-electron chi connectivity index (χ0n) is 21.1. The van der Waals surface area contributed by atoms with Crippen molar-refractivity contribution in [2.24, 2.45) is 11.8 Å². The molecule has 188 valence electrons. The molecule has 0 aromatic heterocycles. The molecule has 1 N–H and O–H groups in total. The molecule has 1 aliphatic heterocycles. The monoisotopic (exact) mass is 471 g/mol. The van der Waals surface area contributed by atoms with Gasteiger partial charge in [-0.1, -0.05) is 24.8 Å². The Bertz CT molecular complexity index is 802. The Morgan fingerprint density at radius 1 is 1.06 bits per heavy atom. The zero-order chi connectivity index (χ0) is 24.6. The first kappa shape index (κ1) is 26.1. The van der Waals surface area contributed by atoms with Crippen molar-refractivity contribution in [3.63, 3.8) is 0 Å². The molecule has 2 amide bonds. The van der Waals surface area contributed by atoms with Crippen LogP contribution in [0.2, 0.25) is 0 Å². The lowest BCUT2D eigenvalue weighted by molar-refractivity contribution is -0.138. The summed E-state index contributed by atoms with van der Waals surface area (Å²) in [4.78, 5) is 29.4. The van der Waals surface area contributed by atoms with Crippen molar-refractivity contribution in [1.29, 1.82) is 0 Å². The highest BCUT2D eigenvalue weighted by molar-refractivity contribution is 5.79. The molecule has 0 unspecified atom stereocenters. The molecule has 1 aromatic carbocycles. The summed E-state index contributed by atoms with van der Waals surface area (Å²) in [7, 11) is 0. The molecule has 1 saturated carbocycles. The van der Waals surface area contributed by atoms with Gasteiger partial charge in [0.15, 0.2) is 0 Å². The van der Waals surface area contributed by atoms with Crippen LogP contribution in [0.5, 0.6) is 5.75 Å². The van der Waals surface area contributed by atoms with Gasteiger partial charge in [0.25, 0.3) is 0 Å². The number of carbonyl (C=O) groups excluding carboxylic acids is 2. The van der Waals surface area contributed by atoms with Crippen LogP contribution in [-0.4, -0.2) is 66.7 Å². The van der Waals surface area contributed by atoms with Crippen molar-refractivity contribution >= 4 is 12.0 Å². The molecule has 1 aromatic rings. The van der Waals surface area contributed by atoms with Gasteiger partial charge < -0.3 is 19.7 Å². The van der Waals surface area contributed by atoms with E-state index in [1.807, 2.05) is 37.8 Å². The molecule has 0 atom stereocenters. The maximum Gasteiger partial charge on any atom is 0.407 e. The van der Waals surface area contributed by atoms with Crippen molar-refractivity contribution in [3.8, 4) is 5.75 Å². The maximum atomic E-state index is 13.1. The average molecular weight is 472 g/mol. The summed E-state index contributed by atoms with van der Waals surface area (Å²) in [5.41, 5.74) is 0.771. The minimum atomic E-state index is -0.483. The van der Waals surface area contributed by atoms with Gasteiger partial charge in [-0.25, -0.2) is 4.79 Å². The van der Waals surface area contributed by atoms with Crippen LogP contribution in [0.1, 0.15) is 52.0 Å². The lowest BCUT2D eigenvalue weighted by Crippen LogP contribution is -2.50. The van der Waals surface area contributed by atoms with Gasteiger partial charge in [-0.15, -0.1) is 0 Å². The van der Waals surface area contributed by atoms with E-state index in [9.17, 15) is 9.59 Å². The summed E-state index contributed by atoms with van der Waals surface area (Å²) in [6, 6.07) is 8.20. The van der Waals surface area contributed by atoms with Crippen molar-refractivity contribution < 1.29 is 19.1 Å². The van der Waals surface area contributed by atoms with Gasteiger partial charge in [-0.3, -0.25) is 9.69 Å². The van der Waals surface area contributed by atoms with E-state index < -0.39 is 5.60 Å².